The molecule has 0 aliphatic heterocycles. The predicted molar refractivity (Wildman–Crippen MR) is 105 cm³/mol. The van der Waals surface area contributed by atoms with Crippen molar-refractivity contribution in [3.63, 3.8) is 0 Å². The van der Waals surface area contributed by atoms with E-state index in [-0.39, 0.29) is 32.7 Å². The van der Waals surface area contributed by atoms with Crippen LogP contribution in [0.15, 0.2) is 66.0 Å². The van der Waals surface area contributed by atoms with Crippen LogP contribution in [0.1, 0.15) is 19.4 Å². The van der Waals surface area contributed by atoms with Crippen LogP contribution in [0, 0.1) is 20.5 Å². The van der Waals surface area contributed by atoms with Gasteiger partial charge in [-0.1, -0.05) is 18.2 Å². The molecule has 0 aliphatic carbocycles. The van der Waals surface area contributed by atoms with E-state index in [4.69, 9.17) is 47.5 Å². The van der Waals surface area contributed by atoms with Crippen molar-refractivity contribution in [2.24, 2.45) is 0 Å². The summed E-state index contributed by atoms with van der Waals surface area (Å²) in [5.41, 5.74) is 2.36. The average Bonchev–Trinajstić information content (AvgIpc) is 2.72. The monoisotopic (exact) mass is 608 g/mol. The first-order valence-corrected chi connectivity index (χ1v) is 12.6. The van der Waals surface area contributed by atoms with Crippen LogP contribution in [0.5, 0.6) is 0 Å². The van der Waals surface area contributed by atoms with Crippen LogP contribution in [0.2, 0.25) is 0 Å². The van der Waals surface area contributed by atoms with E-state index in [1.54, 1.807) is 13.8 Å². The molecule has 0 saturated heterocycles. The fraction of sp³-hybridized carbons (Fsp3) is 0.263. The molecular formula is C19H26Cl2N2O10SZn+2. The van der Waals surface area contributed by atoms with Gasteiger partial charge >= 0.3 is 19.5 Å². The van der Waals surface area contributed by atoms with Crippen molar-refractivity contribution in [1.82, 2.24) is 9.97 Å². The maximum Gasteiger partial charge on any atom is 2.00 e. The van der Waals surface area contributed by atoms with Gasteiger partial charge in [-0.3, -0.25) is 9.97 Å². The molecule has 0 atom stereocenters. The molecule has 0 fully saturated rings. The third kappa shape index (κ3) is 29.1. The van der Waals surface area contributed by atoms with Crippen LogP contribution < -0.4 is 28.0 Å². The molecule has 0 bridgehead atoms. The number of hydrogen-bond donors (Lipinski definition) is 4. The van der Waals surface area contributed by atoms with E-state index in [1.165, 1.54) is 15.8 Å². The Labute approximate surface area is 223 Å². The summed E-state index contributed by atoms with van der Waals surface area (Å²) in [5, 5.41) is 16.3. The summed E-state index contributed by atoms with van der Waals surface area (Å²) in [6.45, 7) is 3.86. The third-order valence-corrected chi connectivity index (χ3v) is 3.86. The van der Waals surface area contributed by atoms with Gasteiger partial charge in [-0.05, 0) is 43.7 Å². The Kier molecular flexibility index (Phi) is 24.3. The zero-order valence-electron chi connectivity index (χ0n) is 18.9. The number of aromatic nitrogens is 2. The second-order valence-corrected chi connectivity index (χ2v) is 8.00. The molecule has 192 valence electrons. The topological polar surface area (TPSA) is 245 Å². The summed E-state index contributed by atoms with van der Waals surface area (Å²) in [6.07, 6.45) is 5.51. The maximum atomic E-state index is 8.60. The first-order valence-electron chi connectivity index (χ1n) is 9.10. The van der Waals surface area contributed by atoms with Gasteiger partial charge in [0.25, 0.3) is 0 Å². The molecule has 12 nitrogen and oxygen atoms in total. The summed E-state index contributed by atoms with van der Waals surface area (Å²) in [4.78, 5) is 9.72. The van der Waals surface area contributed by atoms with Crippen LogP contribution in [0.4, 0.5) is 0 Å². The van der Waals surface area contributed by atoms with Crippen molar-refractivity contribution < 1.29 is 87.4 Å². The van der Waals surface area contributed by atoms with Gasteiger partial charge in [-0.25, -0.2) is 0 Å². The van der Waals surface area contributed by atoms with Gasteiger partial charge in [0.2, 0.25) is 0 Å². The van der Waals surface area contributed by atoms with Gasteiger partial charge < -0.3 is 10.2 Å². The summed E-state index contributed by atoms with van der Waals surface area (Å²) in [6, 6.07) is 14.5. The number of para-hydroxylation sites is 1. The molecule has 0 radical (unpaired) electrons. The number of rotatable bonds is 3. The molecule has 35 heavy (non-hydrogen) atoms. The van der Waals surface area contributed by atoms with Gasteiger partial charge in [0.15, 0.2) is 0 Å². The Hall–Kier alpha value is -1.07. The van der Waals surface area contributed by atoms with Crippen molar-refractivity contribution >= 4 is 22.7 Å². The minimum Gasteiger partial charge on any atom is -0.397 e. The molecule has 4 N–H and O–H groups in total. The summed E-state index contributed by atoms with van der Waals surface area (Å²) >= 11 is 1.81. The normalized spacial score (nSPS) is 9.94. The number of pyridine rings is 2. The van der Waals surface area contributed by atoms with Gasteiger partial charge in [-0.2, -0.15) is 28.0 Å². The number of nitrogens with zero attached hydrogens (tertiary/aromatic N) is 2. The number of benzene rings is 1. The van der Waals surface area contributed by atoms with Gasteiger partial charge in [-0.15, -0.1) is 11.8 Å². The molecular weight excluding hydrogens is 585 g/mol. The standard InChI is InChI=1S/C15H12N2S.2C2H6O.2ClHO4.Zn/c1-3-13-4-2-8-17-15(13)14(5-1)18-11-12-6-9-16-10-7-12;2*1-2-3;2*2-1(3,4)5;/h1-10H,11H2;2*3H,2H2,1H3;2*(H,2,3,4,5);/q;;;;;+2. The number of hydrogen-bond acceptors (Lipinski definition) is 13. The molecule has 0 aliphatic rings. The molecule has 2 heterocycles. The Balaban J connectivity index is -0.000000502. The Morgan fingerprint density at radius 3 is 1.66 bits per heavy atom. The first-order chi connectivity index (χ1) is 15.8. The third-order valence-electron chi connectivity index (χ3n) is 2.74. The molecule has 0 amide bonds. The maximum absolute atomic E-state index is 8.60. The molecule has 1 aromatic carbocycles. The van der Waals surface area contributed by atoms with Crippen LogP contribution >= 0.6 is 11.8 Å². The van der Waals surface area contributed by atoms with Crippen LogP contribution in [0.3, 0.4) is 0 Å². The summed E-state index contributed by atoms with van der Waals surface area (Å²) < 4.78 is 65.4. The molecule has 0 saturated carbocycles. The van der Waals surface area contributed by atoms with E-state index in [2.05, 4.69) is 34.2 Å². The van der Waals surface area contributed by atoms with Crippen LogP contribution in [-0.2, 0) is 25.2 Å². The van der Waals surface area contributed by atoms with E-state index in [0.29, 0.717) is 0 Å². The Bertz CT molecular complexity index is 859. The van der Waals surface area contributed by atoms with Crippen LogP contribution in [0.25, 0.3) is 10.9 Å². The van der Waals surface area contributed by atoms with E-state index >= 15 is 0 Å². The number of aliphatic hydroxyl groups excluding tert-OH is 2. The Morgan fingerprint density at radius 2 is 1.20 bits per heavy atom. The second kappa shape index (κ2) is 22.2. The Morgan fingerprint density at radius 1 is 0.771 bits per heavy atom. The number of fused-ring (bicyclic) bond motifs is 1. The van der Waals surface area contributed by atoms with E-state index in [1.807, 2.05) is 48.6 Å². The van der Waals surface area contributed by atoms with E-state index in [0.717, 1.165) is 11.3 Å². The fourth-order valence-corrected chi connectivity index (χ4v) is 2.83. The average molecular weight is 611 g/mol. The second-order valence-electron chi connectivity index (χ2n) is 5.40. The quantitative estimate of drug-likeness (QED) is 0.162. The van der Waals surface area contributed by atoms with Gasteiger partial charge in [0, 0.05) is 47.8 Å². The number of aliphatic hydroxyl groups is 2. The van der Waals surface area contributed by atoms with E-state index < -0.39 is 20.5 Å². The van der Waals surface area contributed by atoms with Crippen molar-refractivity contribution in [3.8, 4) is 0 Å². The molecule has 2 aromatic heterocycles. The first kappa shape index (κ1) is 38.5. The number of thioether (sulfide) groups is 1. The molecule has 3 aromatic rings. The van der Waals surface area contributed by atoms with Gasteiger partial charge in [0.05, 0.1) is 35.3 Å². The molecule has 0 unspecified atom stereocenters. The zero-order chi connectivity index (χ0) is 26.6. The van der Waals surface area contributed by atoms with Crippen molar-refractivity contribution in [3.05, 3.63) is 66.6 Å². The van der Waals surface area contributed by atoms with Crippen molar-refractivity contribution in [2.75, 3.05) is 13.2 Å². The van der Waals surface area contributed by atoms with E-state index in [9.17, 15) is 0 Å². The molecule has 3 rings (SSSR count). The molecule has 0 spiro atoms. The largest absolute Gasteiger partial charge is 2.00 e. The predicted octanol–water partition coefficient (Wildman–Crippen LogP) is -4.33. The summed E-state index contributed by atoms with van der Waals surface area (Å²) in [5.74, 6) is 0.943. The fourth-order valence-electron chi connectivity index (χ4n) is 1.83. The van der Waals surface area contributed by atoms with Crippen molar-refractivity contribution in [2.45, 2.75) is 24.5 Å². The number of halogens is 2. The zero-order valence-corrected chi connectivity index (χ0v) is 24.2. The summed E-state index contributed by atoms with van der Waals surface area (Å²) in [7, 11) is -9.39. The van der Waals surface area contributed by atoms with Crippen LogP contribution in [-0.4, -0.2) is 42.7 Å². The smallest absolute Gasteiger partial charge is 0.397 e. The minimum atomic E-state index is -4.69. The van der Waals surface area contributed by atoms with Gasteiger partial charge in [0.1, 0.15) is 0 Å². The molecule has 16 heteroatoms. The minimum absolute atomic E-state index is 0. The SMILES string of the molecule is CCO.CCO.[O-][Cl+3]([O-])([O-])O.[O-][Cl+3]([O-])([O-])O.[Zn+2].c1cnc2c(SCc3ccncc3)cccc2c1. The van der Waals surface area contributed by atoms with Crippen molar-refractivity contribution in [1.29, 1.82) is 0 Å².